The van der Waals surface area contributed by atoms with Crippen LogP contribution < -0.4 is 5.56 Å². The highest BCUT2D eigenvalue weighted by Gasteiger charge is 2.22. The molecule has 1 aromatic rings. The molecule has 4 heteroatoms. The lowest BCUT2D eigenvalue weighted by atomic mass is 10.1. The van der Waals surface area contributed by atoms with E-state index in [2.05, 4.69) is 0 Å². The van der Waals surface area contributed by atoms with Crippen molar-refractivity contribution in [3.8, 4) is 0 Å². The van der Waals surface area contributed by atoms with E-state index in [0.29, 0.717) is 0 Å². The lowest BCUT2D eigenvalue weighted by Crippen LogP contribution is -2.30. The van der Waals surface area contributed by atoms with E-state index >= 15 is 0 Å². The van der Waals surface area contributed by atoms with Gasteiger partial charge in [0.15, 0.2) is 5.38 Å². The molecule has 1 atom stereocenters. The molecular weight excluding hydrogens is 162 g/mol. The quantitative estimate of drug-likeness (QED) is 0.555. The van der Waals surface area contributed by atoms with Gasteiger partial charge in [0.05, 0.1) is 11.6 Å². The average Bonchev–Trinajstić information content (AvgIpc) is 2.08. The Morgan fingerprint density at radius 3 is 2.27 bits per heavy atom. The van der Waals surface area contributed by atoms with Gasteiger partial charge in [-0.2, -0.15) is 0 Å². The maximum Gasteiger partial charge on any atom is 0.296 e. The molecule has 0 aliphatic rings. The van der Waals surface area contributed by atoms with Gasteiger partial charge in [-0.15, -0.1) is 3.96 Å². The molecule has 1 unspecified atom stereocenters. The molecule has 0 amide bonds. The number of nitrogens with zero attached hydrogens (tertiary/aromatic N) is 1. The van der Waals surface area contributed by atoms with Crippen LogP contribution in [0.5, 0.6) is 0 Å². The molecule has 0 aromatic carbocycles. The third-order valence-electron chi connectivity index (χ3n) is 1.32. The third kappa shape index (κ3) is 1.52. The highest BCUT2D eigenvalue weighted by Crippen LogP contribution is 2.19. The first-order chi connectivity index (χ1) is 4.93. The van der Waals surface area contributed by atoms with E-state index in [0.717, 1.165) is 0 Å². The Labute approximate surface area is 68.2 Å². The van der Waals surface area contributed by atoms with Crippen molar-refractivity contribution in [2.24, 2.45) is 0 Å². The molecule has 0 N–H and O–H groups in total. The molecule has 0 aliphatic heterocycles. The largest absolute Gasteiger partial charge is 0.570 e. The van der Waals surface area contributed by atoms with Crippen molar-refractivity contribution in [3.63, 3.8) is 0 Å². The maximum atomic E-state index is 11.2. The molecule has 1 heterocycles. The molecule has 1 aromatic heterocycles. The molecule has 0 aliphatic carbocycles. The first-order valence-corrected chi connectivity index (χ1v) is 4.53. The second-order valence-corrected chi connectivity index (χ2v) is 4.57. The summed E-state index contributed by atoms with van der Waals surface area (Å²) in [5.74, 6) is 0. The molecule has 0 bridgehead atoms. The van der Waals surface area contributed by atoms with Crippen LogP contribution in [0.4, 0.5) is 0 Å². The van der Waals surface area contributed by atoms with Crippen LogP contribution in [0, 0.1) is 0 Å². The van der Waals surface area contributed by atoms with Gasteiger partial charge in [0.2, 0.25) is 0 Å². The smallest absolute Gasteiger partial charge is 0.296 e. The second kappa shape index (κ2) is 2.46. The van der Waals surface area contributed by atoms with Crippen molar-refractivity contribution in [1.29, 1.82) is 0 Å². The van der Waals surface area contributed by atoms with Gasteiger partial charge in [-0.25, -0.2) is 0 Å². The van der Waals surface area contributed by atoms with Gasteiger partial charge in [0, 0.05) is 10.9 Å². The van der Waals surface area contributed by atoms with Crippen LogP contribution in [-0.4, -0.2) is 8.51 Å². The fourth-order valence-corrected chi connectivity index (χ4v) is 2.07. The molecule has 62 valence electrons. The normalized spacial score (nSPS) is 13.6. The number of rotatable bonds is 0. The summed E-state index contributed by atoms with van der Waals surface area (Å²) < 4.78 is 12.5. The maximum absolute atomic E-state index is 11.2. The number of hydrogen-bond donors (Lipinski definition) is 0. The lowest BCUT2D eigenvalue weighted by Gasteiger charge is -2.16. The van der Waals surface area contributed by atoms with Gasteiger partial charge < -0.3 is 4.55 Å². The molecule has 0 spiro atoms. The van der Waals surface area contributed by atoms with E-state index < -0.39 is 10.9 Å². The SMILES string of the molecule is CC(C)(C)n1c(=O)cc[s+]1[O-]. The van der Waals surface area contributed by atoms with Crippen LogP contribution >= 0.6 is 10.9 Å². The van der Waals surface area contributed by atoms with Crippen LogP contribution in [0.2, 0.25) is 0 Å². The van der Waals surface area contributed by atoms with Gasteiger partial charge in [-0.1, -0.05) is 0 Å². The lowest BCUT2D eigenvalue weighted by molar-refractivity contribution is 0.400. The summed E-state index contributed by atoms with van der Waals surface area (Å²) in [4.78, 5) is 11.1. The van der Waals surface area contributed by atoms with Crippen molar-refractivity contribution in [2.75, 3.05) is 0 Å². The van der Waals surface area contributed by atoms with E-state index in [9.17, 15) is 9.35 Å². The highest BCUT2D eigenvalue weighted by molar-refractivity contribution is 7.18. The van der Waals surface area contributed by atoms with E-state index in [1.165, 1.54) is 15.4 Å². The highest BCUT2D eigenvalue weighted by atomic mass is 32.2. The molecule has 0 saturated heterocycles. The van der Waals surface area contributed by atoms with Crippen LogP contribution in [0.1, 0.15) is 20.8 Å². The van der Waals surface area contributed by atoms with E-state index in [4.69, 9.17) is 0 Å². The number of hydrogen-bond acceptors (Lipinski definition) is 2. The van der Waals surface area contributed by atoms with Gasteiger partial charge >= 0.3 is 0 Å². The monoisotopic (exact) mass is 173 g/mol. The first-order valence-electron chi connectivity index (χ1n) is 3.36. The molecule has 0 fully saturated rings. The summed E-state index contributed by atoms with van der Waals surface area (Å²) in [6.45, 7) is 5.57. The molecule has 1 rings (SSSR count). The molecule has 0 saturated carbocycles. The summed E-state index contributed by atoms with van der Waals surface area (Å²) >= 11 is 0. The van der Waals surface area contributed by atoms with Crippen molar-refractivity contribution in [1.82, 2.24) is 3.96 Å². The van der Waals surface area contributed by atoms with Gasteiger partial charge in [0.25, 0.3) is 5.56 Å². The van der Waals surface area contributed by atoms with Crippen molar-refractivity contribution in [2.45, 2.75) is 26.3 Å². The standard InChI is InChI=1S/C7H11NO2S/c1-7(2,3)8-6(9)4-5-11(8)10/h4-5H,1-3H3. The Morgan fingerprint density at radius 1 is 1.55 bits per heavy atom. The summed E-state index contributed by atoms with van der Waals surface area (Å²) in [5.41, 5.74) is -0.526. The Balaban J connectivity index is 3.33. The van der Waals surface area contributed by atoms with E-state index in [-0.39, 0.29) is 11.1 Å². The fourth-order valence-electron chi connectivity index (χ4n) is 0.934. The summed E-state index contributed by atoms with van der Waals surface area (Å²) in [5, 5.41) is 1.41. The minimum absolute atomic E-state index is 0.171. The second-order valence-electron chi connectivity index (χ2n) is 3.38. The van der Waals surface area contributed by atoms with Crippen molar-refractivity contribution >= 4 is 10.9 Å². The minimum atomic E-state index is -1.26. The average molecular weight is 173 g/mol. The van der Waals surface area contributed by atoms with Gasteiger partial charge in [-0.3, -0.25) is 4.79 Å². The van der Waals surface area contributed by atoms with E-state index in [1.807, 2.05) is 20.8 Å². The summed E-state index contributed by atoms with van der Waals surface area (Å²) in [6, 6.07) is 1.35. The molecule has 3 nitrogen and oxygen atoms in total. The number of aromatic nitrogens is 1. The Bertz CT molecular complexity index is 305. The predicted molar refractivity (Wildman–Crippen MR) is 44.4 cm³/mol. The summed E-state index contributed by atoms with van der Waals surface area (Å²) in [7, 11) is -1.26. The van der Waals surface area contributed by atoms with Crippen LogP contribution in [0.15, 0.2) is 16.2 Å². The first kappa shape index (κ1) is 8.49. The predicted octanol–water partition coefficient (Wildman–Crippen LogP) is 1.33. The van der Waals surface area contributed by atoms with Crippen LogP contribution in [-0.2, 0) is 5.54 Å². The van der Waals surface area contributed by atoms with Crippen molar-refractivity contribution in [3.05, 3.63) is 21.8 Å². The third-order valence-corrected chi connectivity index (χ3v) is 2.77. The Kier molecular flexibility index (Phi) is 1.90. The Hall–Kier alpha value is -0.610. The van der Waals surface area contributed by atoms with Gasteiger partial charge in [0.1, 0.15) is 0 Å². The fraction of sp³-hybridized carbons (Fsp3) is 0.571. The molecule has 11 heavy (non-hydrogen) atoms. The van der Waals surface area contributed by atoms with E-state index in [1.54, 1.807) is 0 Å². The Morgan fingerprint density at radius 2 is 2.09 bits per heavy atom. The van der Waals surface area contributed by atoms with Gasteiger partial charge in [-0.05, 0) is 20.8 Å². The zero-order chi connectivity index (χ0) is 8.65. The zero-order valence-electron chi connectivity index (χ0n) is 6.83. The topological polar surface area (TPSA) is 45.1 Å². The van der Waals surface area contributed by atoms with Crippen LogP contribution in [0.25, 0.3) is 0 Å². The summed E-state index contributed by atoms with van der Waals surface area (Å²) in [6.07, 6.45) is 0. The minimum Gasteiger partial charge on any atom is -0.570 e. The van der Waals surface area contributed by atoms with Crippen molar-refractivity contribution < 1.29 is 4.55 Å². The zero-order valence-corrected chi connectivity index (χ0v) is 7.64. The molecule has 0 radical (unpaired) electrons. The van der Waals surface area contributed by atoms with Crippen LogP contribution in [0.3, 0.4) is 0 Å². The molecular formula is C7H11NO2S.